The number of anilines is 1. The average Bonchev–Trinajstić information content (AvgIpc) is 2.91. The maximum Gasteiger partial charge on any atom is 0.329 e. The maximum atomic E-state index is 11.6. The number of benzene rings is 1. The monoisotopic (exact) mass is 287 g/mol. The predicted molar refractivity (Wildman–Crippen MR) is 79.9 cm³/mol. The molecular weight excluding hydrogens is 274 g/mol. The summed E-state index contributed by atoms with van der Waals surface area (Å²) in [5.74, 6) is -1.56. The van der Waals surface area contributed by atoms with E-state index in [-0.39, 0.29) is 0 Å². The van der Waals surface area contributed by atoms with E-state index < -0.39 is 11.8 Å². The van der Waals surface area contributed by atoms with Crippen LogP contribution in [0.4, 0.5) is 5.69 Å². The molecule has 0 saturated carbocycles. The van der Waals surface area contributed by atoms with Crippen LogP contribution in [-0.4, -0.2) is 18.0 Å². The molecule has 2 N–H and O–H groups in total. The third-order valence-electron chi connectivity index (χ3n) is 2.38. The number of amides is 2. The molecule has 2 amide bonds. The summed E-state index contributed by atoms with van der Waals surface area (Å²) in [6.07, 6.45) is 1.49. The molecule has 2 rings (SSSR count). The van der Waals surface area contributed by atoms with Gasteiger partial charge in [0.1, 0.15) is 0 Å². The van der Waals surface area contributed by atoms with Gasteiger partial charge in [-0.1, -0.05) is 18.2 Å². The molecule has 0 spiro atoms. The molecule has 0 unspecified atom stereocenters. The molecule has 0 radical (unpaired) electrons. The first-order valence-electron chi connectivity index (χ1n) is 5.90. The Kier molecular flexibility index (Phi) is 4.62. The van der Waals surface area contributed by atoms with Crippen LogP contribution in [0.15, 0.2) is 46.9 Å². The van der Waals surface area contributed by atoms with Crippen molar-refractivity contribution in [3.63, 3.8) is 0 Å². The molecule has 0 saturated heterocycles. The first kappa shape index (κ1) is 14.0. The van der Waals surface area contributed by atoms with Gasteiger partial charge in [-0.2, -0.15) is 5.10 Å². The number of hydrazone groups is 1. The molecular formula is C14H13N3O2S. The Morgan fingerprint density at radius 3 is 2.75 bits per heavy atom. The molecule has 102 valence electrons. The number of thiophene rings is 1. The second kappa shape index (κ2) is 6.63. The molecule has 0 atom stereocenters. The summed E-state index contributed by atoms with van der Waals surface area (Å²) >= 11 is 1.49. The lowest BCUT2D eigenvalue weighted by molar-refractivity contribution is -0.136. The fraction of sp³-hybridized carbons (Fsp3) is 0.0714. The van der Waals surface area contributed by atoms with E-state index >= 15 is 0 Å². The second-order valence-electron chi connectivity index (χ2n) is 4.04. The van der Waals surface area contributed by atoms with E-state index in [1.807, 2.05) is 30.5 Å². The van der Waals surface area contributed by atoms with Gasteiger partial charge in [0.25, 0.3) is 0 Å². The zero-order valence-electron chi connectivity index (χ0n) is 10.8. The lowest BCUT2D eigenvalue weighted by atomic mass is 10.2. The fourth-order valence-electron chi connectivity index (χ4n) is 1.48. The summed E-state index contributed by atoms with van der Waals surface area (Å²) in [6, 6.07) is 10.9. The summed E-state index contributed by atoms with van der Waals surface area (Å²) in [6.45, 7) is 1.90. The van der Waals surface area contributed by atoms with Crippen molar-refractivity contribution in [1.29, 1.82) is 0 Å². The van der Waals surface area contributed by atoms with Gasteiger partial charge < -0.3 is 5.32 Å². The van der Waals surface area contributed by atoms with E-state index in [9.17, 15) is 9.59 Å². The summed E-state index contributed by atoms with van der Waals surface area (Å²) in [5.41, 5.74) is 3.76. The minimum atomic E-state index is -0.806. The number of rotatable bonds is 3. The smallest absolute Gasteiger partial charge is 0.318 e. The van der Waals surface area contributed by atoms with E-state index in [2.05, 4.69) is 15.8 Å². The van der Waals surface area contributed by atoms with Crippen LogP contribution in [0.2, 0.25) is 0 Å². The molecule has 6 heteroatoms. The standard InChI is InChI=1S/C14H13N3O2S/c1-10-4-2-5-11(8-10)16-13(18)14(19)17-15-9-12-6-3-7-20-12/h2-9H,1H3,(H,16,18)(H,17,19)/b15-9+. The summed E-state index contributed by atoms with van der Waals surface area (Å²) in [7, 11) is 0. The highest BCUT2D eigenvalue weighted by Crippen LogP contribution is 2.09. The van der Waals surface area contributed by atoms with Crippen molar-refractivity contribution in [3.8, 4) is 0 Å². The molecule has 5 nitrogen and oxygen atoms in total. The Morgan fingerprint density at radius 1 is 1.20 bits per heavy atom. The SMILES string of the molecule is Cc1cccc(NC(=O)C(=O)N/N=C/c2cccs2)c1. The highest BCUT2D eigenvalue weighted by atomic mass is 32.1. The van der Waals surface area contributed by atoms with Gasteiger partial charge in [-0.15, -0.1) is 11.3 Å². The van der Waals surface area contributed by atoms with Crippen molar-refractivity contribution in [2.24, 2.45) is 5.10 Å². The van der Waals surface area contributed by atoms with Gasteiger partial charge >= 0.3 is 11.8 Å². The van der Waals surface area contributed by atoms with Crippen molar-refractivity contribution in [3.05, 3.63) is 52.2 Å². The number of nitrogens with one attached hydrogen (secondary N) is 2. The summed E-state index contributed by atoms with van der Waals surface area (Å²) in [4.78, 5) is 24.0. The minimum absolute atomic E-state index is 0.576. The van der Waals surface area contributed by atoms with Crippen molar-refractivity contribution in [2.75, 3.05) is 5.32 Å². The van der Waals surface area contributed by atoms with Crippen molar-refractivity contribution in [2.45, 2.75) is 6.92 Å². The van der Waals surface area contributed by atoms with E-state index in [0.29, 0.717) is 5.69 Å². The quantitative estimate of drug-likeness (QED) is 0.516. The fourth-order valence-corrected chi connectivity index (χ4v) is 2.07. The molecule has 0 fully saturated rings. The molecule has 2 aromatic rings. The second-order valence-corrected chi connectivity index (χ2v) is 5.02. The van der Waals surface area contributed by atoms with Crippen LogP contribution >= 0.6 is 11.3 Å². The van der Waals surface area contributed by atoms with Crippen LogP contribution in [0.3, 0.4) is 0 Å². The van der Waals surface area contributed by atoms with Crippen LogP contribution in [-0.2, 0) is 9.59 Å². The molecule has 20 heavy (non-hydrogen) atoms. The highest BCUT2D eigenvalue weighted by molar-refractivity contribution is 7.11. The third kappa shape index (κ3) is 4.03. The normalized spacial score (nSPS) is 10.4. The predicted octanol–water partition coefficient (Wildman–Crippen LogP) is 2.15. The van der Waals surface area contributed by atoms with E-state index in [1.165, 1.54) is 17.6 Å². The average molecular weight is 287 g/mol. The Morgan fingerprint density at radius 2 is 2.05 bits per heavy atom. The number of hydrogen-bond donors (Lipinski definition) is 2. The molecule has 0 aliphatic heterocycles. The topological polar surface area (TPSA) is 70.6 Å². The lowest BCUT2D eigenvalue weighted by Gasteiger charge is -2.04. The van der Waals surface area contributed by atoms with E-state index in [0.717, 1.165) is 10.4 Å². The Bertz CT molecular complexity index is 636. The van der Waals surface area contributed by atoms with Crippen LogP contribution in [0, 0.1) is 6.92 Å². The van der Waals surface area contributed by atoms with Crippen molar-refractivity contribution >= 4 is 35.1 Å². The number of carbonyl (C=O) groups excluding carboxylic acids is 2. The van der Waals surface area contributed by atoms with Gasteiger partial charge in [-0.05, 0) is 36.1 Å². The number of nitrogens with zero attached hydrogens (tertiary/aromatic N) is 1. The maximum absolute atomic E-state index is 11.6. The lowest BCUT2D eigenvalue weighted by Crippen LogP contribution is -2.32. The van der Waals surface area contributed by atoms with Crippen LogP contribution in [0.25, 0.3) is 0 Å². The van der Waals surface area contributed by atoms with Crippen molar-refractivity contribution in [1.82, 2.24) is 5.43 Å². The van der Waals surface area contributed by atoms with Crippen LogP contribution in [0.1, 0.15) is 10.4 Å². The van der Waals surface area contributed by atoms with E-state index in [1.54, 1.807) is 18.2 Å². The minimum Gasteiger partial charge on any atom is -0.318 e. The first-order valence-corrected chi connectivity index (χ1v) is 6.77. The zero-order chi connectivity index (χ0) is 14.4. The van der Waals surface area contributed by atoms with Gasteiger partial charge in [-0.25, -0.2) is 5.43 Å². The number of aryl methyl sites for hydroxylation is 1. The van der Waals surface area contributed by atoms with Gasteiger partial charge in [-0.3, -0.25) is 9.59 Å². The van der Waals surface area contributed by atoms with Crippen molar-refractivity contribution < 1.29 is 9.59 Å². The number of carbonyl (C=O) groups is 2. The highest BCUT2D eigenvalue weighted by Gasteiger charge is 2.12. The van der Waals surface area contributed by atoms with Gasteiger partial charge in [0.05, 0.1) is 6.21 Å². The molecule has 1 heterocycles. The Balaban J connectivity index is 1.87. The van der Waals surface area contributed by atoms with Gasteiger partial charge in [0.15, 0.2) is 0 Å². The number of hydrogen-bond acceptors (Lipinski definition) is 4. The first-order chi connectivity index (χ1) is 9.65. The summed E-state index contributed by atoms with van der Waals surface area (Å²) in [5, 5.41) is 8.12. The Labute approximate surface area is 120 Å². The molecule has 1 aromatic carbocycles. The molecule has 0 aliphatic carbocycles. The largest absolute Gasteiger partial charge is 0.329 e. The van der Waals surface area contributed by atoms with E-state index in [4.69, 9.17) is 0 Å². The summed E-state index contributed by atoms with van der Waals surface area (Å²) < 4.78 is 0. The van der Waals surface area contributed by atoms with Gasteiger partial charge in [0, 0.05) is 10.6 Å². The van der Waals surface area contributed by atoms with Crippen LogP contribution < -0.4 is 10.7 Å². The molecule has 0 bridgehead atoms. The molecule has 1 aromatic heterocycles. The Hall–Kier alpha value is -2.47. The third-order valence-corrected chi connectivity index (χ3v) is 3.19. The molecule has 0 aliphatic rings. The zero-order valence-corrected chi connectivity index (χ0v) is 11.6. The van der Waals surface area contributed by atoms with Crippen LogP contribution in [0.5, 0.6) is 0 Å². The van der Waals surface area contributed by atoms with Gasteiger partial charge in [0.2, 0.25) is 0 Å².